The van der Waals surface area contributed by atoms with Crippen LogP contribution < -0.4 is 15.5 Å². The summed E-state index contributed by atoms with van der Waals surface area (Å²) < 4.78 is 0. The van der Waals surface area contributed by atoms with Gasteiger partial charge in [0, 0.05) is 19.6 Å². The first-order chi connectivity index (χ1) is 16.0. The van der Waals surface area contributed by atoms with Gasteiger partial charge in [-0.1, -0.05) is 88.2 Å². The van der Waals surface area contributed by atoms with Crippen LogP contribution in [0.3, 0.4) is 0 Å². The van der Waals surface area contributed by atoms with E-state index in [9.17, 15) is 0 Å². The molecule has 0 amide bonds. The van der Waals surface area contributed by atoms with E-state index in [0.29, 0.717) is 6.54 Å². The Labute approximate surface area is 199 Å². The lowest BCUT2D eigenvalue weighted by Crippen LogP contribution is -2.34. The minimum Gasteiger partial charge on any atom is -0.365 e. The number of nitrogens with one attached hydrogen (secondary N) is 1. The van der Waals surface area contributed by atoms with Crippen molar-refractivity contribution in [3.8, 4) is 0 Å². The van der Waals surface area contributed by atoms with E-state index < -0.39 is 0 Å². The number of hydrogen-bond donors (Lipinski definition) is 1. The van der Waals surface area contributed by atoms with Gasteiger partial charge < -0.3 is 10.2 Å². The van der Waals surface area contributed by atoms with Crippen molar-refractivity contribution in [3.05, 3.63) is 107 Å². The highest BCUT2D eigenvalue weighted by Gasteiger charge is 2.20. The molecule has 168 valence electrons. The number of aromatic nitrogens is 2. The zero-order valence-corrected chi connectivity index (χ0v) is 20.5. The molecule has 5 heteroatoms. The van der Waals surface area contributed by atoms with Crippen molar-refractivity contribution in [2.75, 3.05) is 16.8 Å². The number of allylic oxidation sites excluding steroid dienone is 5. The van der Waals surface area contributed by atoms with Gasteiger partial charge in [0.25, 0.3) is 0 Å². The van der Waals surface area contributed by atoms with E-state index >= 15 is 0 Å². The number of benzene rings is 2. The Kier molecular flexibility index (Phi) is 7.36. The van der Waals surface area contributed by atoms with Crippen LogP contribution in [-0.4, -0.2) is 16.5 Å². The fourth-order valence-corrected chi connectivity index (χ4v) is 4.56. The van der Waals surface area contributed by atoms with Crippen LogP contribution in [0, 0.1) is 0 Å². The first kappa shape index (κ1) is 22.9. The molecule has 0 bridgehead atoms. The number of nitrogens with zero attached hydrogens (tertiary/aromatic N) is 3. The molecule has 4 rings (SSSR count). The van der Waals surface area contributed by atoms with E-state index in [-0.39, 0.29) is 0 Å². The highest BCUT2D eigenvalue weighted by molar-refractivity contribution is 7.28. The molecule has 0 aliphatic carbocycles. The zero-order chi connectivity index (χ0) is 23.2. The minimum absolute atomic E-state index is 0.699. The topological polar surface area (TPSA) is 41.1 Å². The van der Waals surface area contributed by atoms with Crippen LogP contribution in [0.25, 0.3) is 5.57 Å². The number of fused-ring (bicyclic) bond motifs is 1. The largest absolute Gasteiger partial charge is 0.365 e. The molecule has 0 fully saturated rings. The summed E-state index contributed by atoms with van der Waals surface area (Å²) in [6.45, 7) is 10.6. The Morgan fingerprint density at radius 1 is 1.12 bits per heavy atom. The third-order valence-corrected chi connectivity index (χ3v) is 6.32. The molecule has 0 spiro atoms. The fourth-order valence-electron chi connectivity index (χ4n) is 4.13. The summed E-state index contributed by atoms with van der Waals surface area (Å²) in [4.78, 5) is 11.4. The maximum absolute atomic E-state index is 4.60. The van der Waals surface area contributed by atoms with Gasteiger partial charge in [-0.25, -0.2) is 9.97 Å². The molecule has 1 atom stereocenters. The van der Waals surface area contributed by atoms with Gasteiger partial charge in [0.15, 0.2) is 0 Å². The molecule has 0 saturated carbocycles. The third-order valence-electron chi connectivity index (χ3n) is 5.79. The molecule has 1 unspecified atom stereocenters. The first-order valence-corrected chi connectivity index (χ1v) is 11.9. The quantitative estimate of drug-likeness (QED) is 0.368. The second-order valence-corrected chi connectivity index (χ2v) is 8.97. The van der Waals surface area contributed by atoms with Gasteiger partial charge in [0.05, 0.1) is 5.30 Å². The lowest BCUT2D eigenvalue weighted by molar-refractivity contribution is 0.722. The molecule has 1 aliphatic heterocycles. The summed E-state index contributed by atoms with van der Waals surface area (Å²) in [5.41, 5.74) is 7.40. The van der Waals surface area contributed by atoms with Crippen molar-refractivity contribution in [2.45, 2.75) is 33.4 Å². The molecule has 0 radical (unpaired) electrons. The average molecular weight is 455 g/mol. The van der Waals surface area contributed by atoms with E-state index in [0.717, 1.165) is 42.0 Å². The van der Waals surface area contributed by atoms with Gasteiger partial charge in [0.1, 0.15) is 18.0 Å². The summed E-state index contributed by atoms with van der Waals surface area (Å²) in [7, 11) is 2.84. The normalized spacial score (nSPS) is 13.8. The third kappa shape index (κ3) is 5.58. The van der Waals surface area contributed by atoms with Gasteiger partial charge in [-0.3, -0.25) is 0 Å². The SMILES string of the molecule is C=C(C)/C=C(\C=C/C)c1ccc(CNc2ncnc(N3CCc4ccccc4C3)c2P)cc1. The number of rotatable bonds is 7. The smallest absolute Gasteiger partial charge is 0.141 e. The molecule has 1 N–H and O–H groups in total. The van der Waals surface area contributed by atoms with Gasteiger partial charge in [-0.05, 0) is 48.1 Å². The number of hydrogen-bond acceptors (Lipinski definition) is 4. The molecule has 1 aromatic heterocycles. The van der Waals surface area contributed by atoms with E-state index in [1.165, 1.54) is 27.8 Å². The molecule has 3 aromatic rings. The minimum atomic E-state index is 0.699. The van der Waals surface area contributed by atoms with Gasteiger partial charge in [-0.15, -0.1) is 0 Å². The van der Waals surface area contributed by atoms with E-state index in [2.05, 4.69) is 103 Å². The van der Waals surface area contributed by atoms with Crippen molar-refractivity contribution in [3.63, 3.8) is 0 Å². The highest BCUT2D eigenvalue weighted by Crippen LogP contribution is 2.24. The first-order valence-electron chi connectivity index (χ1n) is 11.3. The summed E-state index contributed by atoms with van der Waals surface area (Å²) in [5, 5.41) is 4.50. The molecule has 0 saturated heterocycles. The van der Waals surface area contributed by atoms with Crippen LogP contribution in [0.15, 0.2) is 85.2 Å². The predicted octanol–water partition coefficient (Wildman–Crippen LogP) is 5.69. The lowest BCUT2D eigenvalue weighted by Gasteiger charge is -2.31. The van der Waals surface area contributed by atoms with Crippen molar-refractivity contribution in [1.29, 1.82) is 0 Å². The summed E-state index contributed by atoms with van der Waals surface area (Å²) >= 11 is 0. The van der Waals surface area contributed by atoms with E-state index in [1.54, 1.807) is 6.33 Å². The summed E-state index contributed by atoms with van der Waals surface area (Å²) in [6, 6.07) is 17.3. The van der Waals surface area contributed by atoms with Crippen LogP contribution in [0.4, 0.5) is 11.6 Å². The molecule has 4 nitrogen and oxygen atoms in total. The van der Waals surface area contributed by atoms with Crippen LogP contribution in [0.5, 0.6) is 0 Å². The Morgan fingerprint density at radius 3 is 2.61 bits per heavy atom. The second kappa shape index (κ2) is 10.6. The van der Waals surface area contributed by atoms with Crippen LogP contribution >= 0.6 is 9.24 Å². The number of anilines is 2. The molecule has 2 heterocycles. The molecular formula is C28H31N4P. The Morgan fingerprint density at radius 2 is 1.88 bits per heavy atom. The zero-order valence-electron chi connectivity index (χ0n) is 19.4. The predicted molar refractivity (Wildman–Crippen MR) is 144 cm³/mol. The lowest BCUT2D eigenvalue weighted by atomic mass is 10.00. The molecule has 1 aliphatic rings. The maximum atomic E-state index is 4.60. The van der Waals surface area contributed by atoms with Crippen LogP contribution in [0.1, 0.15) is 36.1 Å². The Hall–Kier alpha value is -3.23. The monoisotopic (exact) mass is 454 g/mol. The van der Waals surface area contributed by atoms with Crippen molar-refractivity contribution in [1.82, 2.24) is 9.97 Å². The van der Waals surface area contributed by atoms with Gasteiger partial charge in [-0.2, -0.15) is 0 Å². The average Bonchev–Trinajstić information content (AvgIpc) is 2.83. The molecule has 33 heavy (non-hydrogen) atoms. The fraction of sp³-hybridized carbons (Fsp3) is 0.214. The van der Waals surface area contributed by atoms with Gasteiger partial charge >= 0.3 is 0 Å². The highest BCUT2D eigenvalue weighted by atomic mass is 31.0. The van der Waals surface area contributed by atoms with Crippen molar-refractivity contribution < 1.29 is 0 Å². The summed E-state index contributed by atoms with van der Waals surface area (Å²) in [6.07, 6.45) is 8.96. The van der Waals surface area contributed by atoms with E-state index in [1.807, 2.05) is 13.8 Å². The summed E-state index contributed by atoms with van der Waals surface area (Å²) in [5.74, 6) is 1.83. The Balaban J connectivity index is 1.46. The van der Waals surface area contributed by atoms with Crippen LogP contribution in [-0.2, 0) is 19.5 Å². The standard InChI is InChI=1S/C28H31N4P/c1-4-7-24(16-20(2)3)23-12-10-21(11-13-23)17-29-27-26(33)28(31-19-30-27)32-15-14-22-8-5-6-9-25(22)18-32/h4-13,16,19H,2,14-15,17-18,33H2,1,3H3,(H,29,30,31)/b7-4-,24-16+. The van der Waals surface area contributed by atoms with E-state index in [4.69, 9.17) is 0 Å². The van der Waals surface area contributed by atoms with Crippen molar-refractivity contribution >= 4 is 31.8 Å². The maximum Gasteiger partial charge on any atom is 0.141 e. The Bertz CT molecular complexity index is 1190. The second-order valence-electron chi connectivity index (χ2n) is 8.40. The van der Waals surface area contributed by atoms with Gasteiger partial charge in [0.2, 0.25) is 0 Å². The van der Waals surface area contributed by atoms with Crippen LogP contribution in [0.2, 0.25) is 0 Å². The molecule has 2 aromatic carbocycles. The molecular weight excluding hydrogens is 423 g/mol. The van der Waals surface area contributed by atoms with Crippen molar-refractivity contribution in [2.24, 2.45) is 0 Å².